The fourth-order valence-corrected chi connectivity index (χ4v) is 3.10. The lowest BCUT2D eigenvalue weighted by atomic mass is 10.1. The minimum atomic E-state index is -0.850. The summed E-state index contributed by atoms with van der Waals surface area (Å²) in [6.07, 6.45) is 0.0390. The number of thioether (sulfide) groups is 1. The van der Waals surface area contributed by atoms with Gasteiger partial charge in [-0.2, -0.15) is 0 Å². The van der Waals surface area contributed by atoms with Crippen LogP contribution < -0.4 is 4.90 Å². The van der Waals surface area contributed by atoms with Gasteiger partial charge >= 0.3 is 5.97 Å². The van der Waals surface area contributed by atoms with Crippen LogP contribution in [0.5, 0.6) is 0 Å². The summed E-state index contributed by atoms with van der Waals surface area (Å²) in [6, 6.07) is 4.79. The van der Waals surface area contributed by atoms with Crippen LogP contribution in [0.1, 0.15) is 6.42 Å². The largest absolute Gasteiger partial charge is 0.481 e. The summed E-state index contributed by atoms with van der Waals surface area (Å²) in [6.45, 7) is 0. The Morgan fingerprint density at radius 3 is 3.12 bits per heavy atom. The summed E-state index contributed by atoms with van der Waals surface area (Å²) in [5, 5.41) is 8.77. The first kappa shape index (κ1) is 11.3. The van der Waals surface area contributed by atoms with E-state index in [1.165, 1.54) is 17.8 Å². The van der Waals surface area contributed by atoms with E-state index in [1.807, 2.05) is 6.07 Å². The minimum Gasteiger partial charge on any atom is -0.481 e. The molecule has 0 aliphatic carbocycles. The maximum atomic E-state index is 13.6. The van der Waals surface area contributed by atoms with Crippen LogP contribution in [-0.2, 0) is 4.79 Å². The number of fused-ring (bicyclic) bond motifs is 1. The van der Waals surface area contributed by atoms with Crippen molar-refractivity contribution in [3.63, 3.8) is 0 Å². The molecule has 0 aromatic heterocycles. The zero-order chi connectivity index (χ0) is 11.7. The van der Waals surface area contributed by atoms with E-state index < -0.39 is 5.97 Å². The molecule has 0 fully saturated rings. The van der Waals surface area contributed by atoms with Crippen molar-refractivity contribution in [2.75, 3.05) is 17.7 Å². The molecule has 0 saturated carbocycles. The average Bonchev–Trinajstić information content (AvgIpc) is 2.22. The lowest BCUT2D eigenvalue weighted by Gasteiger charge is -2.34. The molecule has 0 saturated heterocycles. The first-order chi connectivity index (χ1) is 7.59. The van der Waals surface area contributed by atoms with Gasteiger partial charge in [-0.25, -0.2) is 4.39 Å². The highest BCUT2D eigenvalue weighted by Crippen LogP contribution is 2.38. The predicted molar refractivity (Wildman–Crippen MR) is 61.6 cm³/mol. The van der Waals surface area contributed by atoms with E-state index in [0.717, 1.165) is 4.90 Å². The van der Waals surface area contributed by atoms with E-state index in [4.69, 9.17) is 5.11 Å². The molecule has 0 spiro atoms. The highest BCUT2D eigenvalue weighted by Gasteiger charge is 2.27. The molecule has 1 aliphatic heterocycles. The van der Waals surface area contributed by atoms with Crippen molar-refractivity contribution in [1.29, 1.82) is 0 Å². The summed E-state index contributed by atoms with van der Waals surface area (Å²) < 4.78 is 13.6. The van der Waals surface area contributed by atoms with Crippen LogP contribution in [0.15, 0.2) is 23.1 Å². The Balaban J connectivity index is 2.30. The topological polar surface area (TPSA) is 40.5 Å². The number of hydrogen-bond donors (Lipinski definition) is 1. The van der Waals surface area contributed by atoms with E-state index in [9.17, 15) is 9.18 Å². The van der Waals surface area contributed by atoms with Crippen molar-refractivity contribution in [1.82, 2.24) is 0 Å². The standard InChI is InChI=1S/C11H12FNO2S/c1-13-7(5-10(14)15)6-16-9-4-2-3-8(12)11(9)13/h2-4,7H,5-6H2,1H3,(H,14,15). The first-order valence-corrected chi connectivity index (χ1v) is 5.94. The van der Waals surface area contributed by atoms with Crippen molar-refractivity contribution < 1.29 is 14.3 Å². The van der Waals surface area contributed by atoms with Crippen molar-refractivity contribution in [2.45, 2.75) is 17.4 Å². The van der Waals surface area contributed by atoms with Crippen molar-refractivity contribution in [3.05, 3.63) is 24.0 Å². The Morgan fingerprint density at radius 2 is 2.44 bits per heavy atom. The lowest BCUT2D eigenvalue weighted by Crippen LogP contribution is -2.38. The smallest absolute Gasteiger partial charge is 0.305 e. The van der Waals surface area contributed by atoms with Crippen molar-refractivity contribution >= 4 is 23.4 Å². The Morgan fingerprint density at radius 1 is 1.69 bits per heavy atom. The summed E-state index contributed by atoms with van der Waals surface area (Å²) in [7, 11) is 1.75. The Labute approximate surface area is 97.3 Å². The second kappa shape index (κ2) is 4.33. The SMILES string of the molecule is CN1c2c(F)cccc2SCC1CC(=O)O. The van der Waals surface area contributed by atoms with E-state index in [0.29, 0.717) is 11.4 Å². The number of nitrogens with zero attached hydrogens (tertiary/aromatic N) is 1. The summed E-state index contributed by atoms with van der Waals surface area (Å²) in [5.41, 5.74) is 0.519. The Hall–Kier alpha value is -1.23. The molecule has 16 heavy (non-hydrogen) atoms. The molecule has 1 atom stereocenters. The monoisotopic (exact) mass is 241 g/mol. The normalized spacial score (nSPS) is 19.4. The van der Waals surface area contributed by atoms with E-state index in [-0.39, 0.29) is 18.3 Å². The zero-order valence-electron chi connectivity index (χ0n) is 8.81. The molecule has 1 aromatic rings. The van der Waals surface area contributed by atoms with E-state index in [2.05, 4.69) is 0 Å². The summed E-state index contributed by atoms with van der Waals surface area (Å²) in [5.74, 6) is -0.459. The van der Waals surface area contributed by atoms with Gasteiger partial charge < -0.3 is 10.0 Å². The van der Waals surface area contributed by atoms with Crippen LogP contribution >= 0.6 is 11.8 Å². The Kier molecular flexibility index (Phi) is 3.05. The van der Waals surface area contributed by atoms with Gasteiger partial charge in [-0.1, -0.05) is 6.07 Å². The molecule has 3 nitrogen and oxygen atoms in total. The van der Waals surface area contributed by atoms with Gasteiger partial charge in [-0.15, -0.1) is 11.8 Å². The van der Waals surface area contributed by atoms with Crippen LogP contribution in [0, 0.1) is 5.82 Å². The first-order valence-electron chi connectivity index (χ1n) is 4.95. The zero-order valence-corrected chi connectivity index (χ0v) is 9.63. The Bertz CT molecular complexity index is 424. The van der Waals surface area contributed by atoms with Gasteiger partial charge in [0, 0.05) is 23.7 Å². The van der Waals surface area contributed by atoms with Crippen molar-refractivity contribution in [3.8, 4) is 0 Å². The van der Waals surface area contributed by atoms with Crippen LogP contribution in [0.25, 0.3) is 0 Å². The molecule has 2 rings (SSSR count). The van der Waals surface area contributed by atoms with Crippen LogP contribution in [0.2, 0.25) is 0 Å². The number of halogens is 1. The fourth-order valence-electron chi connectivity index (χ4n) is 1.83. The van der Waals surface area contributed by atoms with Crippen LogP contribution in [0.4, 0.5) is 10.1 Å². The molecule has 0 bridgehead atoms. The second-order valence-corrected chi connectivity index (χ2v) is 4.82. The lowest BCUT2D eigenvalue weighted by molar-refractivity contribution is -0.137. The van der Waals surface area contributed by atoms with E-state index in [1.54, 1.807) is 18.0 Å². The number of carboxylic acid groups (broad SMARTS) is 1. The third-order valence-electron chi connectivity index (χ3n) is 2.69. The van der Waals surface area contributed by atoms with Gasteiger partial charge in [-0.3, -0.25) is 4.79 Å². The van der Waals surface area contributed by atoms with E-state index >= 15 is 0 Å². The molecule has 1 aromatic carbocycles. The van der Waals surface area contributed by atoms with Gasteiger partial charge in [0.15, 0.2) is 0 Å². The maximum absolute atomic E-state index is 13.6. The van der Waals surface area contributed by atoms with Crippen LogP contribution in [0.3, 0.4) is 0 Å². The number of benzene rings is 1. The molecule has 5 heteroatoms. The maximum Gasteiger partial charge on any atom is 0.305 e. The molecule has 86 valence electrons. The number of anilines is 1. The summed E-state index contributed by atoms with van der Waals surface area (Å²) in [4.78, 5) is 13.3. The molecule has 1 unspecified atom stereocenters. The van der Waals surface area contributed by atoms with Gasteiger partial charge in [-0.05, 0) is 12.1 Å². The highest BCUT2D eigenvalue weighted by atomic mass is 32.2. The molecule has 1 N–H and O–H groups in total. The molecule has 0 amide bonds. The fraction of sp³-hybridized carbons (Fsp3) is 0.364. The van der Waals surface area contributed by atoms with Crippen LogP contribution in [-0.4, -0.2) is 29.9 Å². The van der Waals surface area contributed by atoms with Gasteiger partial charge in [0.05, 0.1) is 12.1 Å². The second-order valence-electron chi connectivity index (χ2n) is 3.76. The summed E-state index contributed by atoms with van der Waals surface area (Å²) >= 11 is 1.51. The molecule has 1 aliphatic rings. The highest BCUT2D eigenvalue weighted by molar-refractivity contribution is 7.99. The average molecular weight is 241 g/mol. The third kappa shape index (κ3) is 2.00. The number of carboxylic acids is 1. The number of carbonyl (C=O) groups is 1. The molecule has 0 radical (unpaired) electrons. The number of hydrogen-bond acceptors (Lipinski definition) is 3. The third-order valence-corrected chi connectivity index (χ3v) is 3.88. The number of aliphatic carboxylic acids is 1. The predicted octanol–water partition coefficient (Wildman–Crippen LogP) is 2.21. The molecular formula is C11H12FNO2S. The van der Waals surface area contributed by atoms with Crippen molar-refractivity contribution in [2.24, 2.45) is 0 Å². The number of rotatable bonds is 2. The van der Waals surface area contributed by atoms with Gasteiger partial charge in [0.1, 0.15) is 5.82 Å². The molecule has 1 heterocycles. The number of para-hydroxylation sites is 1. The van der Waals surface area contributed by atoms with Gasteiger partial charge in [0.2, 0.25) is 0 Å². The molecular weight excluding hydrogens is 229 g/mol. The van der Waals surface area contributed by atoms with Gasteiger partial charge in [0.25, 0.3) is 0 Å². The quantitative estimate of drug-likeness (QED) is 0.861. The minimum absolute atomic E-state index is 0.0390.